The van der Waals surface area contributed by atoms with Gasteiger partial charge >= 0.3 is 0 Å². The normalized spacial score (nSPS) is 31.1. The number of fused-ring (bicyclic) bond motifs is 1. The molecule has 4 rings (SSSR count). The van der Waals surface area contributed by atoms with E-state index in [-0.39, 0.29) is 6.04 Å². The highest BCUT2D eigenvalue weighted by Gasteiger charge is 2.43. The molecule has 0 spiro atoms. The lowest BCUT2D eigenvalue weighted by atomic mass is 9.85. The molecular formula is C19H27N3O. The lowest BCUT2D eigenvalue weighted by molar-refractivity contribution is 0.269. The summed E-state index contributed by atoms with van der Waals surface area (Å²) in [7, 11) is 0. The molecule has 2 aliphatic carbocycles. The van der Waals surface area contributed by atoms with E-state index in [9.17, 15) is 0 Å². The van der Waals surface area contributed by atoms with E-state index in [1.165, 1.54) is 38.5 Å². The van der Waals surface area contributed by atoms with Crippen molar-refractivity contribution < 1.29 is 4.74 Å². The van der Waals surface area contributed by atoms with Crippen LogP contribution in [0.15, 0.2) is 29.3 Å². The second-order valence-corrected chi connectivity index (χ2v) is 7.25. The molecule has 1 aliphatic heterocycles. The van der Waals surface area contributed by atoms with Crippen LogP contribution in [0.3, 0.4) is 0 Å². The molecule has 4 heteroatoms. The molecule has 4 nitrogen and oxygen atoms in total. The number of nitrogens with two attached hydrogens (primary N) is 1. The zero-order valence-electron chi connectivity index (χ0n) is 13.7. The van der Waals surface area contributed by atoms with Crippen molar-refractivity contribution in [3.05, 3.63) is 29.8 Å². The minimum Gasteiger partial charge on any atom is -0.493 e. The third kappa shape index (κ3) is 3.31. The van der Waals surface area contributed by atoms with Gasteiger partial charge in [-0.15, -0.1) is 0 Å². The van der Waals surface area contributed by atoms with Crippen LogP contribution in [0.4, 0.5) is 0 Å². The topological polar surface area (TPSA) is 59.6 Å². The average molecular weight is 313 g/mol. The number of aliphatic imine (C=N–C) groups is 1. The van der Waals surface area contributed by atoms with Gasteiger partial charge in [-0.25, -0.2) is 4.99 Å². The number of guanidine groups is 1. The highest BCUT2D eigenvalue weighted by Crippen LogP contribution is 2.44. The van der Waals surface area contributed by atoms with E-state index in [4.69, 9.17) is 15.5 Å². The average Bonchev–Trinajstić information content (AvgIpc) is 3.35. The van der Waals surface area contributed by atoms with Gasteiger partial charge in [0.05, 0.1) is 12.6 Å². The van der Waals surface area contributed by atoms with Crippen LogP contribution in [-0.4, -0.2) is 18.6 Å². The summed E-state index contributed by atoms with van der Waals surface area (Å²) in [6.45, 7) is 0.715. The minimum atomic E-state index is 0.124. The van der Waals surface area contributed by atoms with Gasteiger partial charge in [0.2, 0.25) is 0 Å². The summed E-state index contributed by atoms with van der Waals surface area (Å²) in [5.41, 5.74) is 7.35. The van der Waals surface area contributed by atoms with Gasteiger partial charge in [-0.3, -0.25) is 0 Å². The number of para-hydroxylation sites is 1. The Morgan fingerprint density at radius 2 is 1.96 bits per heavy atom. The van der Waals surface area contributed by atoms with Gasteiger partial charge in [-0.05, 0) is 24.3 Å². The summed E-state index contributed by atoms with van der Waals surface area (Å²) >= 11 is 0. The predicted octanol–water partition coefficient (Wildman–Crippen LogP) is 3.38. The lowest BCUT2D eigenvalue weighted by Gasteiger charge is -2.24. The van der Waals surface area contributed by atoms with Crippen LogP contribution in [0.2, 0.25) is 0 Å². The van der Waals surface area contributed by atoms with Crippen molar-refractivity contribution in [1.29, 1.82) is 0 Å². The molecule has 2 saturated carbocycles. The van der Waals surface area contributed by atoms with E-state index in [0.29, 0.717) is 18.6 Å². The number of benzene rings is 1. The van der Waals surface area contributed by atoms with E-state index in [2.05, 4.69) is 11.4 Å². The molecule has 1 heterocycles. The first kappa shape index (κ1) is 14.9. The molecule has 0 saturated heterocycles. The Kier molecular flexibility index (Phi) is 4.15. The molecule has 0 amide bonds. The fourth-order valence-corrected chi connectivity index (χ4v) is 4.32. The lowest BCUT2D eigenvalue weighted by Crippen LogP contribution is -2.35. The summed E-state index contributed by atoms with van der Waals surface area (Å²) < 4.78 is 5.69. The first-order valence-corrected chi connectivity index (χ1v) is 9.13. The Morgan fingerprint density at radius 3 is 2.83 bits per heavy atom. The van der Waals surface area contributed by atoms with Gasteiger partial charge in [-0.1, -0.05) is 50.3 Å². The van der Waals surface area contributed by atoms with Crippen LogP contribution in [0.1, 0.15) is 56.6 Å². The molecule has 3 unspecified atom stereocenters. The van der Waals surface area contributed by atoms with E-state index >= 15 is 0 Å². The van der Waals surface area contributed by atoms with Gasteiger partial charge in [0.25, 0.3) is 0 Å². The van der Waals surface area contributed by atoms with Crippen molar-refractivity contribution in [2.75, 3.05) is 6.61 Å². The van der Waals surface area contributed by atoms with E-state index in [1.54, 1.807) is 0 Å². The van der Waals surface area contributed by atoms with Gasteiger partial charge in [0.15, 0.2) is 5.96 Å². The maximum atomic E-state index is 6.19. The van der Waals surface area contributed by atoms with Crippen LogP contribution in [-0.2, 0) is 0 Å². The molecule has 0 aromatic heterocycles. The molecule has 2 fully saturated rings. The summed E-state index contributed by atoms with van der Waals surface area (Å²) in [4.78, 5) is 4.74. The minimum absolute atomic E-state index is 0.124. The smallest absolute Gasteiger partial charge is 0.189 e. The zero-order valence-corrected chi connectivity index (χ0v) is 13.7. The number of nitrogens with one attached hydrogen (secondary N) is 1. The molecule has 3 atom stereocenters. The molecule has 0 radical (unpaired) electrons. The van der Waals surface area contributed by atoms with Crippen LogP contribution in [0.5, 0.6) is 5.75 Å². The third-order valence-corrected chi connectivity index (χ3v) is 5.65. The van der Waals surface area contributed by atoms with Crippen molar-refractivity contribution in [2.45, 2.75) is 57.0 Å². The van der Waals surface area contributed by atoms with Gasteiger partial charge in [0, 0.05) is 18.0 Å². The highest BCUT2D eigenvalue weighted by atomic mass is 16.5. The summed E-state index contributed by atoms with van der Waals surface area (Å²) in [6.07, 6.45) is 9.24. The first-order chi connectivity index (χ1) is 11.3. The van der Waals surface area contributed by atoms with Gasteiger partial charge in [-0.2, -0.15) is 0 Å². The second-order valence-electron chi connectivity index (χ2n) is 7.25. The van der Waals surface area contributed by atoms with Crippen molar-refractivity contribution in [3.8, 4) is 5.75 Å². The Bertz CT molecular complexity index is 580. The maximum absolute atomic E-state index is 6.19. The summed E-state index contributed by atoms with van der Waals surface area (Å²) in [5.74, 6) is 3.30. The highest BCUT2D eigenvalue weighted by molar-refractivity contribution is 5.79. The monoisotopic (exact) mass is 313 g/mol. The molecule has 0 bridgehead atoms. The Hall–Kier alpha value is -1.71. The molecule has 1 aromatic rings. The van der Waals surface area contributed by atoms with E-state index in [0.717, 1.165) is 29.6 Å². The van der Waals surface area contributed by atoms with E-state index in [1.807, 2.05) is 18.2 Å². The largest absolute Gasteiger partial charge is 0.493 e. The molecule has 23 heavy (non-hydrogen) atoms. The Labute approximate surface area is 138 Å². The second kappa shape index (κ2) is 6.42. The maximum Gasteiger partial charge on any atom is 0.189 e. The van der Waals surface area contributed by atoms with Crippen molar-refractivity contribution in [3.63, 3.8) is 0 Å². The van der Waals surface area contributed by atoms with Crippen LogP contribution < -0.4 is 15.8 Å². The molecular weight excluding hydrogens is 286 g/mol. The van der Waals surface area contributed by atoms with Gasteiger partial charge < -0.3 is 15.8 Å². The van der Waals surface area contributed by atoms with E-state index < -0.39 is 0 Å². The standard InChI is InChI=1S/C19H27N3O/c20-19(22-17-12-15(17)13-6-2-1-3-7-13)21-16-10-11-23-18-9-5-4-8-14(16)18/h4-5,8-9,13,15-17H,1-3,6-7,10-12H2,(H3,20,21,22). The van der Waals surface area contributed by atoms with Crippen LogP contribution in [0, 0.1) is 11.8 Å². The first-order valence-electron chi connectivity index (χ1n) is 9.13. The predicted molar refractivity (Wildman–Crippen MR) is 92.5 cm³/mol. The third-order valence-electron chi connectivity index (χ3n) is 5.65. The fraction of sp³-hybridized carbons (Fsp3) is 0.632. The number of hydrogen-bond donors (Lipinski definition) is 2. The zero-order chi connectivity index (χ0) is 15.6. The van der Waals surface area contributed by atoms with Crippen molar-refractivity contribution >= 4 is 5.96 Å². The summed E-state index contributed by atoms with van der Waals surface area (Å²) in [5, 5.41) is 3.47. The SMILES string of the molecule is NC(=NC1CCOc2ccccc21)NC1CC1C1CCCCC1. The van der Waals surface area contributed by atoms with Crippen LogP contribution in [0.25, 0.3) is 0 Å². The Morgan fingerprint density at radius 1 is 1.13 bits per heavy atom. The summed E-state index contributed by atoms with van der Waals surface area (Å²) in [6, 6.07) is 8.83. The number of hydrogen-bond acceptors (Lipinski definition) is 2. The number of rotatable bonds is 3. The molecule has 124 valence electrons. The fourth-order valence-electron chi connectivity index (χ4n) is 4.32. The molecule has 3 aliphatic rings. The van der Waals surface area contributed by atoms with Crippen molar-refractivity contribution in [2.24, 2.45) is 22.6 Å². The molecule has 1 aromatic carbocycles. The number of nitrogens with zero attached hydrogens (tertiary/aromatic N) is 1. The Balaban J connectivity index is 1.37. The van der Waals surface area contributed by atoms with Gasteiger partial charge in [0.1, 0.15) is 5.75 Å². The quantitative estimate of drug-likeness (QED) is 0.664. The molecule has 3 N–H and O–H groups in total. The number of ether oxygens (including phenoxy) is 1. The van der Waals surface area contributed by atoms with Crippen LogP contribution >= 0.6 is 0 Å². The van der Waals surface area contributed by atoms with Crippen molar-refractivity contribution in [1.82, 2.24) is 5.32 Å².